The van der Waals surface area contributed by atoms with Gasteiger partial charge in [0.25, 0.3) is 0 Å². The summed E-state index contributed by atoms with van der Waals surface area (Å²) in [4.78, 5) is 0.513. The molecule has 0 spiro atoms. The van der Waals surface area contributed by atoms with E-state index in [4.69, 9.17) is 9.47 Å². The highest BCUT2D eigenvalue weighted by atomic mass is 32.2. The van der Waals surface area contributed by atoms with Gasteiger partial charge < -0.3 is 9.47 Å². The smallest absolute Gasteiger partial charge is 0.188 e. The molecule has 1 aromatic rings. The van der Waals surface area contributed by atoms with Gasteiger partial charge in [-0.25, -0.2) is 4.39 Å². The first-order chi connectivity index (χ1) is 6.29. The second-order valence-corrected chi connectivity index (χ2v) is 3.14. The summed E-state index contributed by atoms with van der Waals surface area (Å²) >= 11 is 1.32. The van der Waals surface area contributed by atoms with E-state index in [1.54, 1.807) is 18.4 Å². The molecule has 0 aliphatic heterocycles. The van der Waals surface area contributed by atoms with Crippen LogP contribution in [-0.2, 0) is 4.74 Å². The maximum absolute atomic E-state index is 13.1. The largest absolute Gasteiger partial charge is 0.466 e. The minimum absolute atomic E-state index is 0.136. The van der Waals surface area contributed by atoms with Gasteiger partial charge in [0, 0.05) is 7.11 Å². The summed E-state index contributed by atoms with van der Waals surface area (Å²) in [6.45, 7) is 0.136. The van der Waals surface area contributed by atoms with Crippen molar-refractivity contribution in [2.24, 2.45) is 0 Å². The zero-order valence-electron chi connectivity index (χ0n) is 7.54. The molecule has 0 atom stereocenters. The summed E-state index contributed by atoms with van der Waals surface area (Å²) in [5, 5.41) is 0. The Kier molecular flexibility index (Phi) is 4.05. The Morgan fingerprint density at radius 2 is 2.23 bits per heavy atom. The van der Waals surface area contributed by atoms with Crippen LogP contribution in [-0.4, -0.2) is 20.2 Å². The van der Waals surface area contributed by atoms with Crippen LogP contribution in [0.15, 0.2) is 23.1 Å². The van der Waals surface area contributed by atoms with E-state index < -0.39 is 0 Å². The highest BCUT2D eigenvalue weighted by Gasteiger charge is 2.07. The summed E-state index contributed by atoms with van der Waals surface area (Å²) in [6.07, 6.45) is 1.80. The van der Waals surface area contributed by atoms with Crippen molar-refractivity contribution in [2.45, 2.75) is 4.90 Å². The molecule has 0 bridgehead atoms. The van der Waals surface area contributed by atoms with E-state index in [9.17, 15) is 4.39 Å². The molecule has 0 aromatic heterocycles. The van der Waals surface area contributed by atoms with Crippen molar-refractivity contribution in [3.63, 3.8) is 0 Å². The van der Waals surface area contributed by atoms with Crippen LogP contribution in [0.1, 0.15) is 0 Å². The molecule has 2 nitrogen and oxygen atoms in total. The van der Waals surface area contributed by atoms with Gasteiger partial charge in [-0.3, -0.25) is 0 Å². The van der Waals surface area contributed by atoms with Gasteiger partial charge in [-0.2, -0.15) is 0 Å². The molecule has 0 N–H and O–H groups in total. The quantitative estimate of drug-likeness (QED) is 0.552. The molecule has 1 aromatic carbocycles. The predicted octanol–water partition coefficient (Wildman–Crippen LogP) is 2.53. The van der Waals surface area contributed by atoms with E-state index in [0.29, 0.717) is 10.6 Å². The third-order valence-electron chi connectivity index (χ3n) is 1.47. The van der Waals surface area contributed by atoms with E-state index in [-0.39, 0.29) is 12.6 Å². The molecule has 0 aliphatic rings. The second kappa shape index (κ2) is 5.09. The highest BCUT2D eigenvalue weighted by molar-refractivity contribution is 7.98. The number of halogens is 1. The van der Waals surface area contributed by atoms with Crippen molar-refractivity contribution in [2.75, 3.05) is 20.2 Å². The fourth-order valence-electron chi connectivity index (χ4n) is 0.923. The number of ether oxygens (including phenoxy) is 2. The molecule has 0 fully saturated rings. The predicted molar refractivity (Wildman–Crippen MR) is 50.7 cm³/mol. The number of rotatable bonds is 4. The summed E-state index contributed by atoms with van der Waals surface area (Å²) in [5.74, 6) is 0.260. The number of methoxy groups -OCH3 is 1. The first-order valence-electron chi connectivity index (χ1n) is 3.74. The van der Waals surface area contributed by atoms with Gasteiger partial charge >= 0.3 is 0 Å². The second-order valence-electron chi connectivity index (χ2n) is 2.32. The average Bonchev–Trinajstić information content (AvgIpc) is 2.15. The van der Waals surface area contributed by atoms with Crippen LogP contribution in [0.2, 0.25) is 0 Å². The normalized spacial score (nSPS) is 10.1. The number of thioether (sulfide) groups is 1. The van der Waals surface area contributed by atoms with E-state index in [0.717, 1.165) is 0 Å². The topological polar surface area (TPSA) is 18.5 Å². The molecule has 0 amide bonds. The zero-order valence-corrected chi connectivity index (χ0v) is 8.36. The van der Waals surface area contributed by atoms with Crippen molar-refractivity contribution >= 4 is 11.8 Å². The lowest BCUT2D eigenvalue weighted by Gasteiger charge is -2.08. The Morgan fingerprint density at radius 3 is 2.85 bits per heavy atom. The third-order valence-corrected chi connectivity index (χ3v) is 2.27. The fourth-order valence-corrected chi connectivity index (χ4v) is 1.51. The van der Waals surface area contributed by atoms with Gasteiger partial charge in [-0.15, -0.1) is 11.8 Å². The molecule has 0 radical (unpaired) electrons. The Balaban J connectivity index is 2.85. The van der Waals surface area contributed by atoms with Crippen LogP contribution in [0.25, 0.3) is 0 Å². The molecular formula is C9H11FO2S. The van der Waals surface area contributed by atoms with Gasteiger partial charge in [-0.05, 0) is 18.4 Å². The Bertz CT molecular complexity index is 278. The molecule has 4 heteroatoms. The van der Waals surface area contributed by atoms with Gasteiger partial charge in [-0.1, -0.05) is 6.07 Å². The molecule has 0 heterocycles. The molecule has 72 valence electrons. The minimum atomic E-state index is -0.263. The molecule has 0 aliphatic carbocycles. The van der Waals surface area contributed by atoms with Crippen molar-refractivity contribution in [3.05, 3.63) is 24.0 Å². The monoisotopic (exact) mass is 202 g/mol. The average molecular weight is 202 g/mol. The lowest BCUT2D eigenvalue weighted by atomic mass is 10.3. The molecule has 13 heavy (non-hydrogen) atoms. The maximum Gasteiger partial charge on any atom is 0.188 e. The SMILES string of the molecule is COCOc1cccc(F)c1SC. The van der Waals surface area contributed by atoms with E-state index in [2.05, 4.69) is 0 Å². The van der Waals surface area contributed by atoms with Crippen LogP contribution >= 0.6 is 11.8 Å². The van der Waals surface area contributed by atoms with Gasteiger partial charge in [0.2, 0.25) is 0 Å². The molecule has 0 saturated carbocycles. The van der Waals surface area contributed by atoms with Crippen LogP contribution < -0.4 is 4.74 Å². The Hall–Kier alpha value is -0.740. The van der Waals surface area contributed by atoms with Gasteiger partial charge in [0.1, 0.15) is 11.6 Å². The molecule has 0 unspecified atom stereocenters. The molecular weight excluding hydrogens is 191 g/mol. The van der Waals surface area contributed by atoms with Crippen LogP contribution in [0.3, 0.4) is 0 Å². The number of benzene rings is 1. The van der Waals surface area contributed by atoms with Crippen LogP contribution in [0, 0.1) is 5.82 Å². The summed E-state index contributed by atoms with van der Waals surface area (Å²) < 4.78 is 23.0. The van der Waals surface area contributed by atoms with E-state index in [1.165, 1.54) is 24.9 Å². The first kappa shape index (κ1) is 10.3. The van der Waals surface area contributed by atoms with Crippen molar-refractivity contribution in [1.29, 1.82) is 0 Å². The molecule has 0 saturated heterocycles. The van der Waals surface area contributed by atoms with Crippen LogP contribution in [0.4, 0.5) is 4.39 Å². The third kappa shape index (κ3) is 2.60. The van der Waals surface area contributed by atoms with Gasteiger partial charge in [0.15, 0.2) is 6.79 Å². The highest BCUT2D eigenvalue weighted by Crippen LogP contribution is 2.29. The maximum atomic E-state index is 13.1. The molecule has 1 rings (SSSR count). The summed E-state index contributed by atoms with van der Waals surface area (Å²) in [6, 6.07) is 4.74. The van der Waals surface area contributed by atoms with E-state index in [1.807, 2.05) is 0 Å². The van der Waals surface area contributed by atoms with Crippen LogP contribution in [0.5, 0.6) is 5.75 Å². The summed E-state index contributed by atoms with van der Waals surface area (Å²) in [5.41, 5.74) is 0. The standard InChI is InChI=1S/C9H11FO2S/c1-11-6-12-8-5-3-4-7(10)9(8)13-2/h3-5H,6H2,1-2H3. The fraction of sp³-hybridized carbons (Fsp3) is 0.333. The van der Waals surface area contributed by atoms with Gasteiger partial charge in [0.05, 0.1) is 4.90 Å². The van der Waals surface area contributed by atoms with Crippen molar-refractivity contribution < 1.29 is 13.9 Å². The Morgan fingerprint density at radius 1 is 1.46 bits per heavy atom. The van der Waals surface area contributed by atoms with Crippen molar-refractivity contribution in [1.82, 2.24) is 0 Å². The lowest BCUT2D eigenvalue weighted by molar-refractivity contribution is 0.0487. The number of hydrogen-bond acceptors (Lipinski definition) is 3. The Labute approximate surface area is 81.0 Å². The zero-order chi connectivity index (χ0) is 9.68. The van der Waals surface area contributed by atoms with Crippen molar-refractivity contribution in [3.8, 4) is 5.75 Å². The number of hydrogen-bond donors (Lipinski definition) is 0. The minimum Gasteiger partial charge on any atom is -0.466 e. The van der Waals surface area contributed by atoms with E-state index >= 15 is 0 Å². The summed E-state index contributed by atoms with van der Waals surface area (Å²) in [7, 11) is 1.53. The lowest BCUT2D eigenvalue weighted by Crippen LogP contribution is -2.00. The first-order valence-corrected chi connectivity index (χ1v) is 4.96.